The Hall–Kier alpha value is -3.15. The Bertz CT molecular complexity index is 858. The summed E-state index contributed by atoms with van der Waals surface area (Å²) in [6.45, 7) is 11.2. The van der Waals surface area contributed by atoms with Crippen LogP contribution in [0.4, 0.5) is 11.4 Å². The highest BCUT2D eigenvalue weighted by molar-refractivity contribution is 5.86. The average molecular weight is 439 g/mol. The second-order valence-electron chi connectivity index (χ2n) is 8.07. The van der Waals surface area contributed by atoms with Gasteiger partial charge in [-0.2, -0.15) is 10.2 Å². The molecule has 0 heterocycles. The smallest absolute Gasteiger partial charge is 0.333 e. The Labute approximate surface area is 191 Å². The van der Waals surface area contributed by atoms with Crippen LogP contribution >= 0.6 is 0 Å². The van der Waals surface area contributed by atoms with E-state index in [9.17, 15) is 4.79 Å². The highest BCUT2D eigenvalue weighted by Gasteiger charge is 2.02. The first-order valence-corrected chi connectivity index (χ1v) is 11.1. The van der Waals surface area contributed by atoms with Crippen LogP contribution in [-0.2, 0) is 9.53 Å². The molecule has 0 aliphatic carbocycles. The molecule has 0 bridgehead atoms. The van der Waals surface area contributed by atoms with Gasteiger partial charge in [-0.1, -0.05) is 20.4 Å². The van der Waals surface area contributed by atoms with E-state index in [-0.39, 0.29) is 5.97 Å². The largest absolute Gasteiger partial charge is 0.494 e. The first-order valence-electron chi connectivity index (χ1n) is 11.1. The number of hydrogen-bond acceptors (Lipinski definition) is 6. The fourth-order valence-electron chi connectivity index (χ4n) is 2.63. The van der Waals surface area contributed by atoms with Crippen molar-refractivity contribution in [1.82, 2.24) is 0 Å². The zero-order valence-corrected chi connectivity index (χ0v) is 19.4. The van der Waals surface area contributed by atoms with Crippen LogP contribution in [0.3, 0.4) is 0 Å². The summed E-state index contributed by atoms with van der Waals surface area (Å²) < 4.78 is 16.5. The lowest BCUT2D eigenvalue weighted by molar-refractivity contribution is -0.139. The van der Waals surface area contributed by atoms with Gasteiger partial charge in [0.2, 0.25) is 0 Å². The summed E-state index contributed by atoms with van der Waals surface area (Å²) in [5.41, 5.74) is 1.98. The number of benzene rings is 2. The monoisotopic (exact) mass is 438 g/mol. The lowest BCUT2D eigenvalue weighted by Gasteiger charge is -2.08. The van der Waals surface area contributed by atoms with Crippen molar-refractivity contribution in [1.29, 1.82) is 0 Å². The molecule has 2 aromatic rings. The van der Waals surface area contributed by atoms with Gasteiger partial charge < -0.3 is 14.2 Å². The maximum absolute atomic E-state index is 11.3. The second-order valence-corrected chi connectivity index (χ2v) is 8.07. The zero-order chi connectivity index (χ0) is 23.2. The molecule has 0 radical (unpaired) electrons. The fraction of sp³-hybridized carbons (Fsp3) is 0.423. The van der Waals surface area contributed by atoms with Crippen LogP contribution < -0.4 is 9.47 Å². The molecule has 0 fully saturated rings. The lowest BCUT2D eigenvalue weighted by atomic mass is 10.2. The van der Waals surface area contributed by atoms with Gasteiger partial charge >= 0.3 is 5.97 Å². The number of unbranched alkanes of at least 4 members (excludes halogenated alkanes) is 3. The van der Waals surface area contributed by atoms with E-state index < -0.39 is 0 Å². The summed E-state index contributed by atoms with van der Waals surface area (Å²) in [7, 11) is 0. The van der Waals surface area contributed by atoms with Crippen molar-refractivity contribution in [3.63, 3.8) is 0 Å². The van der Waals surface area contributed by atoms with Gasteiger partial charge in [0.05, 0.1) is 31.2 Å². The minimum absolute atomic E-state index is 0.319. The highest BCUT2D eigenvalue weighted by Crippen LogP contribution is 2.23. The van der Waals surface area contributed by atoms with Crippen molar-refractivity contribution in [2.45, 2.75) is 46.5 Å². The van der Waals surface area contributed by atoms with Crippen molar-refractivity contribution in [3.8, 4) is 11.5 Å². The van der Waals surface area contributed by atoms with Crippen molar-refractivity contribution >= 4 is 17.3 Å². The predicted octanol–water partition coefficient (Wildman–Crippen LogP) is 7.20. The van der Waals surface area contributed by atoms with Crippen LogP contribution in [-0.4, -0.2) is 25.8 Å². The molecule has 0 unspecified atom stereocenters. The van der Waals surface area contributed by atoms with E-state index in [1.54, 1.807) is 6.92 Å². The topological polar surface area (TPSA) is 69.5 Å². The number of nitrogens with zero attached hydrogens (tertiary/aromatic N) is 2. The summed E-state index contributed by atoms with van der Waals surface area (Å²) in [4.78, 5) is 11.3. The Morgan fingerprint density at radius 2 is 1.31 bits per heavy atom. The molecule has 0 atom stereocenters. The molecular weight excluding hydrogens is 404 g/mol. The van der Waals surface area contributed by atoms with E-state index in [4.69, 9.17) is 14.2 Å². The molecule has 0 spiro atoms. The maximum Gasteiger partial charge on any atom is 0.333 e. The molecule has 0 saturated heterocycles. The molecule has 0 aromatic heterocycles. The number of carbonyl (C=O) groups is 1. The van der Waals surface area contributed by atoms with Crippen molar-refractivity contribution in [2.75, 3.05) is 19.8 Å². The van der Waals surface area contributed by atoms with Crippen LogP contribution in [0.1, 0.15) is 46.5 Å². The van der Waals surface area contributed by atoms with Crippen LogP contribution in [0.25, 0.3) is 0 Å². The molecule has 0 aliphatic heterocycles. The molecule has 0 amide bonds. The van der Waals surface area contributed by atoms with Crippen LogP contribution in [0.5, 0.6) is 11.5 Å². The molecule has 32 heavy (non-hydrogen) atoms. The van der Waals surface area contributed by atoms with E-state index in [1.165, 1.54) is 0 Å². The second kappa shape index (κ2) is 14.0. The Balaban J connectivity index is 1.63. The van der Waals surface area contributed by atoms with Gasteiger partial charge in [0, 0.05) is 5.57 Å². The van der Waals surface area contributed by atoms with E-state index in [2.05, 4.69) is 30.7 Å². The average Bonchev–Trinajstić information content (AvgIpc) is 2.79. The van der Waals surface area contributed by atoms with E-state index in [0.717, 1.165) is 48.6 Å². The third-order valence-electron chi connectivity index (χ3n) is 4.43. The van der Waals surface area contributed by atoms with E-state index in [0.29, 0.717) is 31.3 Å². The number of rotatable bonds is 14. The molecular formula is C26H34N2O4. The van der Waals surface area contributed by atoms with Gasteiger partial charge in [0.15, 0.2) is 0 Å². The maximum atomic E-state index is 11.3. The van der Waals surface area contributed by atoms with E-state index >= 15 is 0 Å². The van der Waals surface area contributed by atoms with Gasteiger partial charge in [0.25, 0.3) is 0 Å². The number of azo groups is 1. The lowest BCUT2D eigenvalue weighted by Crippen LogP contribution is -2.06. The highest BCUT2D eigenvalue weighted by atomic mass is 16.5. The quantitative estimate of drug-likeness (QED) is 0.135. The normalized spacial score (nSPS) is 11.0. The first kappa shape index (κ1) is 25.1. The van der Waals surface area contributed by atoms with Crippen molar-refractivity contribution < 1.29 is 19.0 Å². The fourth-order valence-corrected chi connectivity index (χ4v) is 2.63. The summed E-state index contributed by atoms with van der Waals surface area (Å²) in [5, 5.41) is 8.54. The summed E-state index contributed by atoms with van der Waals surface area (Å²) in [5.74, 6) is 1.82. The number of hydrogen-bond donors (Lipinski definition) is 0. The Kier molecular flexibility index (Phi) is 11.0. The molecule has 2 aromatic carbocycles. The molecule has 6 heteroatoms. The third kappa shape index (κ3) is 10.2. The van der Waals surface area contributed by atoms with E-state index in [1.807, 2.05) is 48.5 Å². The van der Waals surface area contributed by atoms with Crippen molar-refractivity contribution in [3.05, 3.63) is 60.7 Å². The van der Waals surface area contributed by atoms with Crippen LogP contribution in [0.2, 0.25) is 0 Å². The molecule has 0 N–H and O–H groups in total. The zero-order valence-electron chi connectivity index (χ0n) is 19.4. The Morgan fingerprint density at radius 3 is 1.81 bits per heavy atom. The predicted molar refractivity (Wildman–Crippen MR) is 127 cm³/mol. The molecule has 0 aliphatic rings. The minimum atomic E-state index is -0.319. The van der Waals surface area contributed by atoms with Crippen LogP contribution in [0, 0.1) is 5.92 Å². The van der Waals surface area contributed by atoms with Gasteiger partial charge in [0.1, 0.15) is 11.5 Å². The van der Waals surface area contributed by atoms with Gasteiger partial charge in [-0.3, -0.25) is 0 Å². The number of ether oxygens (including phenoxy) is 3. The van der Waals surface area contributed by atoms with Crippen LogP contribution in [0.15, 0.2) is 70.9 Å². The third-order valence-corrected chi connectivity index (χ3v) is 4.43. The number of esters is 1. The molecule has 0 saturated carbocycles. The first-order chi connectivity index (χ1) is 15.4. The molecule has 2 rings (SSSR count). The number of carbonyl (C=O) groups excluding carboxylic acids is 1. The Morgan fingerprint density at radius 1 is 0.812 bits per heavy atom. The SMILES string of the molecule is C=C(C)C(=O)OCCCCCCOc1ccc(N=Nc2ccc(OCC(C)C)cc2)cc1. The summed E-state index contributed by atoms with van der Waals surface area (Å²) >= 11 is 0. The molecule has 172 valence electrons. The minimum Gasteiger partial charge on any atom is -0.494 e. The van der Waals surface area contributed by atoms with Gasteiger partial charge in [-0.05, 0) is 87.1 Å². The summed E-state index contributed by atoms with van der Waals surface area (Å²) in [6.07, 6.45) is 3.83. The molecule has 6 nitrogen and oxygen atoms in total. The van der Waals surface area contributed by atoms with Gasteiger partial charge in [-0.15, -0.1) is 0 Å². The standard InChI is InChI=1S/C26H34N2O4/c1-20(2)19-32-25-15-11-23(12-16-25)28-27-22-9-13-24(14-10-22)30-17-7-5-6-8-18-31-26(29)21(3)4/h9-16,20H,3,5-8,17-19H2,1-2,4H3. The summed E-state index contributed by atoms with van der Waals surface area (Å²) in [6, 6.07) is 15.2. The van der Waals surface area contributed by atoms with Gasteiger partial charge in [-0.25, -0.2) is 4.79 Å². The van der Waals surface area contributed by atoms with Crippen molar-refractivity contribution in [2.24, 2.45) is 16.1 Å².